The maximum Gasteiger partial charge on any atom is 0.288 e. The number of nitrogens with zero attached hydrogens (tertiary/aromatic N) is 2. The van der Waals surface area contributed by atoms with Crippen molar-refractivity contribution in [1.82, 2.24) is 10.2 Å². The van der Waals surface area contributed by atoms with Crippen LogP contribution in [0.3, 0.4) is 0 Å². The predicted octanol–water partition coefficient (Wildman–Crippen LogP) is 2.57. The van der Waals surface area contributed by atoms with Crippen molar-refractivity contribution in [2.75, 3.05) is 13.1 Å². The third-order valence-corrected chi connectivity index (χ3v) is 4.70. The highest BCUT2D eigenvalue weighted by atomic mass is 35.5. The summed E-state index contributed by atoms with van der Waals surface area (Å²) in [6.45, 7) is 3.05. The molecular weight excluding hydrogens is 278 g/mol. The van der Waals surface area contributed by atoms with Crippen molar-refractivity contribution in [3.05, 3.63) is 38.9 Å². The molecule has 1 N–H and O–H groups in total. The van der Waals surface area contributed by atoms with Crippen molar-refractivity contribution in [3.8, 4) is 0 Å². The number of hydrogen-bond donors (Lipinski definition) is 1. The molecule has 2 aliphatic rings. The molecule has 2 aliphatic heterocycles. The van der Waals surface area contributed by atoms with E-state index in [4.69, 9.17) is 11.6 Å². The van der Waals surface area contributed by atoms with Crippen LogP contribution < -0.4 is 5.32 Å². The molecule has 108 valence electrons. The number of nitrogens with one attached hydrogen (secondary N) is 1. The summed E-state index contributed by atoms with van der Waals surface area (Å²) < 4.78 is 0. The number of nitro benzene ring substituents is 1. The zero-order valence-electron chi connectivity index (χ0n) is 11.2. The number of hydrogen-bond acceptors (Lipinski definition) is 4. The summed E-state index contributed by atoms with van der Waals surface area (Å²) in [5.41, 5.74) is 0.900. The second-order valence-electron chi connectivity index (χ2n) is 5.56. The number of halogens is 1. The molecule has 0 amide bonds. The number of fused-ring (bicyclic) bond motifs is 1. The van der Waals surface area contributed by atoms with Crippen molar-refractivity contribution in [2.24, 2.45) is 0 Å². The van der Waals surface area contributed by atoms with Gasteiger partial charge < -0.3 is 5.32 Å². The summed E-state index contributed by atoms with van der Waals surface area (Å²) >= 11 is 5.82. The molecule has 2 heterocycles. The fourth-order valence-electron chi connectivity index (χ4n) is 3.38. The average Bonchev–Trinajstić information content (AvgIpc) is 3.01. The summed E-state index contributed by atoms with van der Waals surface area (Å²) in [4.78, 5) is 13.0. The highest BCUT2D eigenvalue weighted by Gasteiger charge is 2.36. The molecule has 0 aliphatic carbocycles. The fourth-order valence-corrected chi connectivity index (χ4v) is 3.56. The lowest BCUT2D eigenvalue weighted by Gasteiger charge is -2.21. The molecule has 1 aromatic rings. The second-order valence-corrected chi connectivity index (χ2v) is 5.97. The predicted molar refractivity (Wildman–Crippen MR) is 77.9 cm³/mol. The van der Waals surface area contributed by atoms with Gasteiger partial charge in [-0.2, -0.15) is 0 Å². The molecule has 0 saturated carbocycles. The van der Waals surface area contributed by atoms with Crippen LogP contribution in [0.25, 0.3) is 0 Å². The summed E-state index contributed by atoms with van der Waals surface area (Å²) in [5.74, 6) is 0. The quantitative estimate of drug-likeness (QED) is 0.685. The molecule has 2 fully saturated rings. The van der Waals surface area contributed by atoms with E-state index in [0.29, 0.717) is 18.6 Å². The average molecular weight is 296 g/mol. The smallest absolute Gasteiger partial charge is 0.288 e. The van der Waals surface area contributed by atoms with Gasteiger partial charge in [-0.05, 0) is 37.4 Å². The molecule has 0 radical (unpaired) electrons. The van der Waals surface area contributed by atoms with Gasteiger partial charge in [-0.1, -0.05) is 17.7 Å². The van der Waals surface area contributed by atoms with Crippen molar-refractivity contribution < 1.29 is 4.92 Å². The lowest BCUT2D eigenvalue weighted by Crippen LogP contribution is -2.38. The Kier molecular flexibility index (Phi) is 3.92. The minimum absolute atomic E-state index is 0.0140. The van der Waals surface area contributed by atoms with E-state index in [2.05, 4.69) is 10.2 Å². The molecule has 20 heavy (non-hydrogen) atoms. The first-order chi connectivity index (χ1) is 9.65. The Morgan fingerprint density at radius 1 is 1.40 bits per heavy atom. The van der Waals surface area contributed by atoms with Crippen LogP contribution in [0.2, 0.25) is 5.02 Å². The van der Waals surface area contributed by atoms with Gasteiger partial charge in [0.1, 0.15) is 5.02 Å². The van der Waals surface area contributed by atoms with Crippen molar-refractivity contribution >= 4 is 17.3 Å². The highest BCUT2D eigenvalue weighted by molar-refractivity contribution is 6.32. The molecule has 2 saturated heterocycles. The highest BCUT2D eigenvalue weighted by Crippen LogP contribution is 2.29. The molecule has 5 nitrogen and oxygen atoms in total. The van der Waals surface area contributed by atoms with E-state index in [0.717, 1.165) is 5.56 Å². The van der Waals surface area contributed by atoms with E-state index >= 15 is 0 Å². The molecule has 2 unspecified atom stereocenters. The second kappa shape index (κ2) is 5.68. The zero-order chi connectivity index (χ0) is 14.1. The Labute approximate surface area is 123 Å². The maximum absolute atomic E-state index is 10.9. The van der Waals surface area contributed by atoms with Gasteiger partial charge in [-0.3, -0.25) is 15.0 Å². The lowest BCUT2D eigenvalue weighted by atomic mass is 10.1. The Morgan fingerprint density at radius 2 is 2.25 bits per heavy atom. The molecule has 0 aromatic heterocycles. The van der Waals surface area contributed by atoms with E-state index in [1.807, 2.05) is 6.07 Å². The Hall–Kier alpha value is -1.17. The monoisotopic (exact) mass is 295 g/mol. The standard InChI is InChI=1S/C14H18ClN3O2/c15-11-4-3-10(8-14(11)18(19)20)9-16-12-5-7-17-6-1-2-13(12)17/h3-4,8,12-13,16H,1-2,5-7,9H2. The SMILES string of the molecule is O=[N+]([O-])c1cc(CNC2CCN3CCCC23)ccc1Cl. The zero-order valence-corrected chi connectivity index (χ0v) is 12.0. The van der Waals surface area contributed by atoms with Crippen molar-refractivity contribution in [1.29, 1.82) is 0 Å². The van der Waals surface area contributed by atoms with E-state index in [1.165, 1.54) is 32.4 Å². The van der Waals surface area contributed by atoms with Crippen LogP contribution in [0, 0.1) is 10.1 Å². The fraction of sp³-hybridized carbons (Fsp3) is 0.571. The van der Waals surface area contributed by atoms with Gasteiger partial charge in [0.05, 0.1) is 4.92 Å². The van der Waals surface area contributed by atoms with Crippen LogP contribution in [-0.4, -0.2) is 35.0 Å². The van der Waals surface area contributed by atoms with Gasteiger partial charge in [0.25, 0.3) is 5.69 Å². The molecule has 3 rings (SSSR count). The van der Waals surface area contributed by atoms with Gasteiger partial charge in [-0.15, -0.1) is 0 Å². The number of rotatable bonds is 4. The summed E-state index contributed by atoms with van der Waals surface area (Å²) in [5, 5.41) is 14.6. The van der Waals surface area contributed by atoms with Crippen LogP contribution >= 0.6 is 11.6 Å². The summed E-state index contributed by atoms with van der Waals surface area (Å²) in [6, 6.07) is 6.18. The normalized spacial score (nSPS) is 25.9. The molecule has 1 aromatic carbocycles. The number of nitro groups is 1. The van der Waals surface area contributed by atoms with Gasteiger partial charge >= 0.3 is 0 Å². The topological polar surface area (TPSA) is 58.4 Å². The Balaban J connectivity index is 1.64. The largest absolute Gasteiger partial charge is 0.308 e. The summed E-state index contributed by atoms with van der Waals surface area (Å²) in [7, 11) is 0. The molecule has 0 spiro atoms. The first kappa shape index (κ1) is 13.8. The van der Waals surface area contributed by atoms with E-state index in [9.17, 15) is 10.1 Å². The first-order valence-corrected chi connectivity index (χ1v) is 7.43. The minimum Gasteiger partial charge on any atom is -0.308 e. The molecule has 0 bridgehead atoms. The Bertz CT molecular complexity index is 523. The summed E-state index contributed by atoms with van der Waals surface area (Å²) in [6.07, 6.45) is 3.72. The first-order valence-electron chi connectivity index (χ1n) is 7.05. The molecule has 2 atom stereocenters. The van der Waals surface area contributed by atoms with Crippen LogP contribution in [0.1, 0.15) is 24.8 Å². The van der Waals surface area contributed by atoms with Crippen molar-refractivity contribution in [2.45, 2.75) is 37.9 Å². The van der Waals surface area contributed by atoms with Gasteiger partial charge in [-0.25, -0.2) is 0 Å². The van der Waals surface area contributed by atoms with Crippen molar-refractivity contribution in [3.63, 3.8) is 0 Å². The van der Waals surface area contributed by atoms with Gasteiger partial charge in [0, 0.05) is 31.2 Å². The minimum atomic E-state index is -0.430. The Morgan fingerprint density at radius 3 is 3.05 bits per heavy atom. The van der Waals surface area contributed by atoms with Crippen LogP contribution in [-0.2, 0) is 6.54 Å². The number of benzene rings is 1. The van der Waals surface area contributed by atoms with E-state index < -0.39 is 4.92 Å². The van der Waals surface area contributed by atoms with Gasteiger partial charge in [0.15, 0.2) is 0 Å². The van der Waals surface area contributed by atoms with Crippen LogP contribution in [0.4, 0.5) is 5.69 Å². The molecular formula is C14H18ClN3O2. The van der Waals surface area contributed by atoms with Crippen LogP contribution in [0.15, 0.2) is 18.2 Å². The van der Waals surface area contributed by atoms with Crippen LogP contribution in [0.5, 0.6) is 0 Å². The third-order valence-electron chi connectivity index (χ3n) is 4.38. The lowest BCUT2D eigenvalue weighted by molar-refractivity contribution is -0.384. The van der Waals surface area contributed by atoms with E-state index in [1.54, 1.807) is 12.1 Å². The molecule has 6 heteroatoms. The maximum atomic E-state index is 10.9. The van der Waals surface area contributed by atoms with E-state index in [-0.39, 0.29) is 10.7 Å². The van der Waals surface area contributed by atoms with Gasteiger partial charge in [0.2, 0.25) is 0 Å². The third kappa shape index (κ3) is 2.66.